The molecule has 0 aliphatic heterocycles. The van der Waals surface area contributed by atoms with Gasteiger partial charge in [-0.05, 0) is 64.4 Å². The standard InChI is InChI=1S/C20H28N2.C6H7P.C6H5.Os/c1-19(2,3)13-15-7-9-21-17(11-15)18-12-16(8-10-22-18)14-20(4,5)6;7-6-4-2-1-3-5-6;1-2-4-6-5-3-1;/h7-12H,13-14H2,1-6H3;1-5H,7H2;1-5H;/q;;-1;+1. The molecule has 0 saturated carbocycles. The molecule has 1 unspecified atom stereocenters. The maximum atomic E-state index is 4.51. The molecule has 0 spiro atoms. The Morgan fingerprint density at radius 3 is 1.33 bits per heavy atom. The third-order valence-corrected chi connectivity index (χ3v) is 5.17. The minimum Gasteiger partial charge on any atom is -0.255 e. The SMILES string of the molecule is CC(C)(C)Cc1ccnc(-c2cc(CC(C)(C)C)ccn2)c1.Pc1ccccc1.[Os+].[c-]1ccccc1. The normalized spacial score (nSPS) is 10.6. The Kier molecular flexibility index (Phi) is 14.0. The van der Waals surface area contributed by atoms with Crippen LogP contribution in [0.4, 0.5) is 0 Å². The van der Waals surface area contributed by atoms with Crippen LogP contribution in [0, 0.1) is 16.9 Å². The van der Waals surface area contributed by atoms with Gasteiger partial charge in [-0.25, -0.2) is 0 Å². The van der Waals surface area contributed by atoms with Crippen molar-refractivity contribution in [2.24, 2.45) is 10.8 Å². The zero-order valence-corrected chi connectivity index (χ0v) is 26.2. The Morgan fingerprint density at radius 1 is 0.639 bits per heavy atom. The summed E-state index contributed by atoms with van der Waals surface area (Å²) in [5, 5.41) is 1.24. The topological polar surface area (TPSA) is 25.8 Å². The average molecular weight is 674 g/mol. The first-order valence-corrected chi connectivity index (χ1v) is 12.7. The summed E-state index contributed by atoms with van der Waals surface area (Å²) in [5.74, 6) is 0. The summed E-state index contributed by atoms with van der Waals surface area (Å²) in [7, 11) is 2.63. The summed E-state index contributed by atoms with van der Waals surface area (Å²) in [6.45, 7) is 13.6. The van der Waals surface area contributed by atoms with Crippen molar-refractivity contribution in [2.45, 2.75) is 54.4 Å². The van der Waals surface area contributed by atoms with Crippen LogP contribution in [0.2, 0.25) is 0 Å². The molecule has 36 heavy (non-hydrogen) atoms. The van der Waals surface area contributed by atoms with Gasteiger partial charge in [0.1, 0.15) is 0 Å². The van der Waals surface area contributed by atoms with E-state index in [0.29, 0.717) is 0 Å². The number of aromatic nitrogens is 2. The molecule has 191 valence electrons. The fraction of sp³-hybridized carbons (Fsp3) is 0.312. The van der Waals surface area contributed by atoms with E-state index in [-0.39, 0.29) is 30.6 Å². The van der Waals surface area contributed by atoms with Gasteiger partial charge in [-0.15, -0.1) is 9.24 Å². The van der Waals surface area contributed by atoms with Crippen molar-refractivity contribution >= 4 is 14.5 Å². The number of rotatable bonds is 3. The summed E-state index contributed by atoms with van der Waals surface area (Å²) in [5.41, 5.74) is 5.14. The molecule has 2 aromatic carbocycles. The van der Waals surface area contributed by atoms with E-state index in [1.165, 1.54) is 16.4 Å². The number of benzene rings is 2. The summed E-state index contributed by atoms with van der Waals surface area (Å²) in [6, 6.07) is 31.2. The third-order valence-electron chi connectivity index (χ3n) is 4.79. The van der Waals surface area contributed by atoms with Crippen LogP contribution in [0.5, 0.6) is 0 Å². The van der Waals surface area contributed by atoms with Gasteiger partial charge in [0.05, 0.1) is 11.4 Å². The van der Waals surface area contributed by atoms with Crippen molar-refractivity contribution in [2.75, 3.05) is 0 Å². The van der Waals surface area contributed by atoms with Gasteiger partial charge in [0, 0.05) is 12.4 Å². The molecule has 1 radical (unpaired) electrons. The molecule has 1 atom stereocenters. The smallest absolute Gasteiger partial charge is 0.255 e. The zero-order valence-electron chi connectivity index (χ0n) is 22.5. The Hall–Kier alpha value is -2.19. The van der Waals surface area contributed by atoms with Crippen molar-refractivity contribution in [1.82, 2.24) is 9.97 Å². The fourth-order valence-electron chi connectivity index (χ4n) is 3.47. The van der Waals surface area contributed by atoms with Crippen molar-refractivity contribution in [3.63, 3.8) is 0 Å². The minimum absolute atomic E-state index is 0. The molecular weight excluding hydrogens is 634 g/mol. The van der Waals surface area contributed by atoms with Crippen molar-refractivity contribution in [3.8, 4) is 11.4 Å². The average Bonchev–Trinajstić information content (AvgIpc) is 2.80. The zero-order chi connectivity index (χ0) is 25.7. The summed E-state index contributed by atoms with van der Waals surface area (Å²) in [6.07, 6.45) is 5.89. The van der Waals surface area contributed by atoms with Crippen LogP contribution in [0.3, 0.4) is 0 Å². The van der Waals surface area contributed by atoms with E-state index in [1.807, 2.05) is 73.1 Å². The van der Waals surface area contributed by atoms with E-state index >= 15 is 0 Å². The molecule has 2 heterocycles. The number of hydrogen-bond donors (Lipinski definition) is 0. The van der Waals surface area contributed by atoms with Crippen LogP contribution < -0.4 is 5.30 Å². The summed E-state index contributed by atoms with van der Waals surface area (Å²) < 4.78 is 0. The van der Waals surface area contributed by atoms with Crippen LogP contribution in [0.15, 0.2) is 97.3 Å². The van der Waals surface area contributed by atoms with Gasteiger partial charge in [-0.1, -0.05) is 71.9 Å². The van der Waals surface area contributed by atoms with Gasteiger partial charge >= 0.3 is 19.8 Å². The van der Waals surface area contributed by atoms with Gasteiger partial charge in [0.15, 0.2) is 0 Å². The third kappa shape index (κ3) is 14.4. The van der Waals surface area contributed by atoms with Crippen molar-refractivity contribution < 1.29 is 19.8 Å². The molecule has 0 aliphatic rings. The molecular formula is C32H40N2OsP. The molecule has 4 heteroatoms. The van der Waals surface area contributed by atoms with E-state index in [0.717, 1.165) is 24.2 Å². The predicted octanol–water partition coefficient (Wildman–Crippen LogP) is 7.99. The second kappa shape index (κ2) is 15.8. The minimum atomic E-state index is 0. The molecule has 4 aromatic rings. The maximum Gasteiger partial charge on any atom is 1.00 e. The molecule has 0 amide bonds. The molecule has 0 fully saturated rings. The molecule has 0 aliphatic carbocycles. The summed E-state index contributed by atoms with van der Waals surface area (Å²) in [4.78, 5) is 9.03. The van der Waals surface area contributed by atoms with E-state index < -0.39 is 0 Å². The summed E-state index contributed by atoms with van der Waals surface area (Å²) >= 11 is 0. The molecule has 2 aromatic heterocycles. The molecule has 4 rings (SSSR count). The van der Waals surface area contributed by atoms with Crippen LogP contribution >= 0.6 is 9.24 Å². The van der Waals surface area contributed by atoms with E-state index in [2.05, 4.69) is 91.1 Å². The van der Waals surface area contributed by atoms with Crippen LogP contribution in [-0.2, 0) is 32.6 Å². The molecule has 0 N–H and O–H groups in total. The Balaban J connectivity index is 0.000000375. The number of hydrogen-bond acceptors (Lipinski definition) is 2. The van der Waals surface area contributed by atoms with Crippen LogP contribution in [0.1, 0.15) is 52.7 Å². The van der Waals surface area contributed by atoms with Crippen molar-refractivity contribution in [3.05, 3.63) is 115 Å². The van der Waals surface area contributed by atoms with Crippen LogP contribution in [0.25, 0.3) is 11.4 Å². The van der Waals surface area contributed by atoms with Gasteiger partial charge in [0.2, 0.25) is 0 Å². The Morgan fingerprint density at radius 2 is 1.06 bits per heavy atom. The largest absolute Gasteiger partial charge is 1.00 e. The first-order chi connectivity index (χ1) is 16.5. The second-order valence-electron chi connectivity index (χ2n) is 11.1. The molecule has 2 nitrogen and oxygen atoms in total. The number of nitrogens with zero attached hydrogens (tertiary/aromatic N) is 2. The monoisotopic (exact) mass is 675 g/mol. The molecule has 0 saturated heterocycles. The van der Waals surface area contributed by atoms with Crippen LogP contribution in [-0.4, -0.2) is 9.97 Å². The fourth-order valence-corrected chi connectivity index (χ4v) is 3.69. The Labute approximate surface area is 234 Å². The van der Waals surface area contributed by atoms with E-state index in [1.54, 1.807) is 0 Å². The van der Waals surface area contributed by atoms with Crippen molar-refractivity contribution in [1.29, 1.82) is 0 Å². The second-order valence-corrected chi connectivity index (χ2v) is 11.7. The molecule has 0 bridgehead atoms. The quantitative estimate of drug-likeness (QED) is 0.163. The van der Waals surface area contributed by atoms with E-state index in [9.17, 15) is 0 Å². The Bertz CT molecular complexity index is 1030. The van der Waals surface area contributed by atoms with Gasteiger partial charge < -0.3 is 0 Å². The van der Waals surface area contributed by atoms with E-state index in [4.69, 9.17) is 0 Å². The first kappa shape index (κ1) is 31.8. The van der Waals surface area contributed by atoms with Gasteiger partial charge in [-0.3, -0.25) is 9.97 Å². The number of pyridine rings is 2. The van der Waals surface area contributed by atoms with Gasteiger partial charge in [-0.2, -0.15) is 36.4 Å². The first-order valence-electron chi connectivity index (χ1n) is 12.1. The maximum absolute atomic E-state index is 4.51. The van der Waals surface area contributed by atoms with Gasteiger partial charge in [0.25, 0.3) is 0 Å². The predicted molar refractivity (Wildman–Crippen MR) is 155 cm³/mol.